The molecule has 0 aromatic heterocycles. The van der Waals surface area contributed by atoms with Crippen LogP contribution in [-0.2, 0) is 4.79 Å². The lowest BCUT2D eigenvalue weighted by molar-refractivity contribution is -0.307. The molecular formula is C9H14NO2-. The maximum atomic E-state index is 10.3. The minimum atomic E-state index is -1.15. The highest BCUT2D eigenvalue weighted by Gasteiger charge is 2.09. The van der Waals surface area contributed by atoms with Crippen molar-refractivity contribution in [3.05, 3.63) is 11.6 Å². The van der Waals surface area contributed by atoms with Crippen LogP contribution in [0.4, 0.5) is 0 Å². The Balaban J connectivity index is 2.39. The van der Waals surface area contributed by atoms with Crippen molar-refractivity contribution in [1.82, 2.24) is 0 Å². The van der Waals surface area contributed by atoms with Gasteiger partial charge in [-0.3, -0.25) is 0 Å². The summed E-state index contributed by atoms with van der Waals surface area (Å²) < 4.78 is 0. The van der Waals surface area contributed by atoms with Gasteiger partial charge in [0, 0.05) is 6.04 Å². The average molecular weight is 168 g/mol. The number of carboxylic acids is 1. The summed E-state index contributed by atoms with van der Waals surface area (Å²) in [4.78, 5) is 10.3. The summed E-state index contributed by atoms with van der Waals surface area (Å²) in [6.45, 7) is 0. The summed E-state index contributed by atoms with van der Waals surface area (Å²) in [5, 5.41) is 10.3. The number of carboxylic acid groups (broad SMARTS) is 1. The predicted octanol–water partition coefficient (Wildman–Crippen LogP) is -0.0459. The van der Waals surface area contributed by atoms with Crippen molar-refractivity contribution in [2.24, 2.45) is 5.73 Å². The zero-order valence-electron chi connectivity index (χ0n) is 7.08. The van der Waals surface area contributed by atoms with Gasteiger partial charge in [0.25, 0.3) is 0 Å². The minimum absolute atomic E-state index is 0.461. The van der Waals surface area contributed by atoms with Gasteiger partial charge < -0.3 is 15.6 Å². The molecule has 2 N–H and O–H groups in total. The summed E-state index contributed by atoms with van der Waals surface area (Å²) >= 11 is 0. The number of carbonyl (C=O) groups excluding carboxylic acids is 1. The molecule has 1 rings (SSSR count). The molecule has 0 amide bonds. The fraction of sp³-hybridized carbons (Fsp3) is 0.667. The Morgan fingerprint density at radius 2 is 2.42 bits per heavy atom. The monoisotopic (exact) mass is 168 g/mol. The van der Waals surface area contributed by atoms with E-state index in [0.29, 0.717) is 6.42 Å². The molecule has 0 aromatic carbocycles. The maximum Gasteiger partial charge on any atom is 0.0585 e. The van der Waals surface area contributed by atoms with Crippen molar-refractivity contribution in [2.75, 3.05) is 0 Å². The Morgan fingerprint density at radius 3 is 2.92 bits per heavy atom. The van der Waals surface area contributed by atoms with Crippen LogP contribution in [0.2, 0.25) is 0 Å². The fourth-order valence-electron chi connectivity index (χ4n) is 1.46. The molecule has 12 heavy (non-hydrogen) atoms. The Morgan fingerprint density at radius 1 is 1.67 bits per heavy atom. The van der Waals surface area contributed by atoms with E-state index in [1.54, 1.807) is 0 Å². The molecule has 3 nitrogen and oxygen atoms in total. The zero-order chi connectivity index (χ0) is 8.97. The van der Waals surface area contributed by atoms with E-state index in [0.717, 1.165) is 19.3 Å². The second kappa shape index (κ2) is 4.26. The van der Waals surface area contributed by atoms with Gasteiger partial charge in [-0.25, -0.2) is 0 Å². The predicted molar refractivity (Wildman–Crippen MR) is 44.2 cm³/mol. The van der Waals surface area contributed by atoms with Crippen LogP contribution in [-0.4, -0.2) is 12.0 Å². The van der Waals surface area contributed by atoms with Crippen LogP contribution in [0.15, 0.2) is 11.6 Å². The van der Waals surface area contributed by atoms with Gasteiger partial charge >= 0.3 is 0 Å². The lowest BCUT2D eigenvalue weighted by Crippen LogP contribution is -2.42. The topological polar surface area (TPSA) is 66.2 Å². The van der Waals surface area contributed by atoms with Crippen LogP contribution in [0.3, 0.4) is 0 Å². The van der Waals surface area contributed by atoms with Crippen LogP contribution < -0.4 is 10.8 Å². The average Bonchev–Trinajstić information content (AvgIpc) is 2.06. The van der Waals surface area contributed by atoms with Crippen molar-refractivity contribution in [3.63, 3.8) is 0 Å². The molecule has 0 saturated heterocycles. The highest BCUT2D eigenvalue weighted by Crippen LogP contribution is 2.20. The number of hydrogen-bond donors (Lipinski definition) is 1. The second-order valence-electron chi connectivity index (χ2n) is 3.24. The van der Waals surface area contributed by atoms with Crippen LogP contribution >= 0.6 is 0 Å². The van der Waals surface area contributed by atoms with E-state index in [-0.39, 0.29) is 0 Å². The molecule has 3 heteroatoms. The van der Waals surface area contributed by atoms with Crippen molar-refractivity contribution in [3.8, 4) is 0 Å². The Labute approximate surface area is 72.3 Å². The zero-order valence-corrected chi connectivity index (χ0v) is 7.08. The van der Waals surface area contributed by atoms with Crippen molar-refractivity contribution in [1.29, 1.82) is 0 Å². The number of aliphatic carboxylic acids is 1. The highest BCUT2D eigenvalue weighted by atomic mass is 16.4. The summed E-state index contributed by atoms with van der Waals surface area (Å²) in [6, 6.07) is -0.825. The van der Waals surface area contributed by atoms with Gasteiger partial charge in [-0.1, -0.05) is 11.6 Å². The molecule has 0 saturated carbocycles. The van der Waals surface area contributed by atoms with Gasteiger partial charge in [0.05, 0.1) is 5.97 Å². The molecule has 1 atom stereocenters. The maximum absolute atomic E-state index is 10.3. The summed E-state index contributed by atoms with van der Waals surface area (Å²) in [5.74, 6) is -1.15. The molecule has 0 bridgehead atoms. The fourth-order valence-corrected chi connectivity index (χ4v) is 1.46. The van der Waals surface area contributed by atoms with E-state index in [2.05, 4.69) is 6.08 Å². The molecule has 0 radical (unpaired) electrons. The molecule has 0 unspecified atom stereocenters. The molecule has 1 aliphatic rings. The quantitative estimate of drug-likeness (QED) is 0.601. The first-order valence-corrected chi connectivity index (χ1v) is 4.34. The molecule has 68 valence electrons. The Hall–Kier alpha value is -0.830. The Kier molecular flexibility index (Phi) is 3.29. The third-order valence-corrected chi connectivity index (χ3v) is 2.17. The first kappa shape index (κ1) is 9.26. The lowest BCUT2D eigenvalue weighted by atomic mass is 9.95. The van der Waals surface area contributed by atoms with Crippen molar-refractivity contribution < 1.29 is 9.90 Å². The van der Waals surface area contributed by atoms with Crippen LogP contribution in [0.5, 0.6) is 0 Å². The SMILES string of the molecule is N[C@@H](CC1=CCCCC1)C(=O)[O-]. The normalized spacial score (nSPS) is 19.9. The van der Waals surface area contributed by atoms with Crippen molar-refractivity contribution in [2.45, 2.75) is 38.1 Å². The molecule has 0 aromatic rings. The van der Waals surface area contributed by atoms with Gasteiger partial charge in [-0.05, 0) is 32.1 Å². The highest BCUT2D eigenvalue weighted by molar-refractivity contribution is 5.71. The summed E-state index contributed by atoms with van der Waals surface area (Å²) in [7, 11) is 0. The van der Waals surface area contributed by atoms with Crippen LogP contribution in [0.25, 0.3) is 0 Å². The van der Waals surface area contributed by atoms with Crippen molar-refractivity contribution >= 4 is 5.97 Å². The minimum Gasteiger partial charge on any atom is -0.548 e. The van der Waals surface area contributed by atoms with E-state index in [4.69, 9.17) is 5.73 Å². The standard InChI is InChI=1S/C9H15NO2/c10-8(9(11)12)6-7-4-2-1-3-5-7/h4,8H,1-3,5-6,10H2,(H,11,12)/p-1/t8-/m0/s1. The first-order chi connectivity index (χ1) is 5.70. The van der Waals surface area contributed by atoms with E-state index in [9.17, 15) is 9.90 Å². The van der Waals surface area contributed by atoms with Gasteiger partial charge in [-0.15, -0.1) is 0 Å². The number of allylic oxidation sites excluding steroid dienone is 1. The molecule has 0 heterocycles. The molecule has 0 fully saturated rings. The van der Waals surface area contributed by atoms with Crippen LogP contribution in [0.1, 0.15) is 32.1 Å². The van der Waals surface area contributed by atoms with E-state index in [1.165, 1.54) is 12.0 Å². The molecule has 1 aliphatic carbocycles. The number of nitrogens with two attached hydrogens (primary N) is 1. The number of carbonyl (C=O) groups is 1. The molecular weight excluding hydrogens is 154 g/mol. The van der Waals surface area contributed by atoms with Gasteiger partial charge in [0.2, 0.25) is 0 Å². The second-order valence-corrected chi connectivity index (χ2v) is 3.24. The molecule has 0 spiro atoms. The van der Waals surface area contributed by atoms with Gasteiger partial charge in [0.15, 0.2) is 0 Å². The third-order valence-electron chi connectivity index (χ3n) is 2.17. The van der Waals surface area contributed by atoms with Crippen LogP contribution in [0, 0.1) is 0 Å². The summed E-state index contributed by atoms with van der Waals surface area (Å²) in [5.41, 5.74) is 6.52. The third kappa shape index (κ3) is 2.66. The smallest absolute Gasteiger partial charge is 0.0585 e. The van der Waals surface area contributed by atoms with Gasteiger partial charge in [0.1, 0.15) is 0 Å². The van der Waals surface area contributed by atoms with E-state index >= 15 is 0 Å². The molecule has 0 aliphatic heterocycles. The lowest BCUT2D eigenvalue weighted by Gasteiger charge is -2.17. The Bertz CT molecular complexity index is 199. The van der Waals surface area contributed by atoms with E-state index < -0.39 is 12.0 Å². The first-order valence-electron chi connectivity index (χ1n) is 4.34. The largest absolute Gasteiger partial charge is 0.548 e. The summed E-state index contributed by atoms with van der Waals surface area (Å²) in [6.07, 6.45) is 7.00. The van der Waals surface area contributed by atoms with E-state index in [1.807, 2.05) is 0 Å². The number of hydrogen-bond acceptors (Lipinski definition) is 3. The van der Waals surface area contributed by atoms with Gasteiger partial charge in [-0.2, -0.15) is 0 Å². The number of rotatable bonds is 3.